The summed E-state index contributed by atoms with van der Waals surface area (Å²) in [6.07, 6.45) is 1.96. The second-order valence-corrected chi connectivity index (χ2v) is 7.23. The average molecular weight is 374 g/mol. The number of non-ortho nitro benzene ring substituents is 1. The van der Waals surface area contributed by atoms with E-state index in [0.717, 1.165) is 12.8 Å². The highest BCUT2D eigenvalue weighted by atomic mass is 32.2. The molecule has 0 radical (unpaired) electrons. The smallest absolute Gasteiger partial charge is 0.344 e. The van der Waals surface area contributed by atoms with Crippen LogP contribution in [0.5, 0.6) is 0 Å². The van der Waals surface area contributed by atoms with Crippen LogP contribution < -0.4 is 5.69 Å². The van der Waals surface area contributed by atoms with Crippen molar-refractivity contribution in [2.45, 2.75) is 36.2 Å². The van der Waals surface area contributed by atoms with E-state index in [-0.39, 0.29) is 28.6 Å². The fourth-order valence-electron chi connectivity index (χ4n) is 2.48. The van der Waals surface area contributed by atoms with Gasteiger partial charge in [0.2, 0.25) is 11.8 Å². The summed E-state index contributed by atoms with van der Waals surface area (Å²) in [4.78, 5) is 22.1. The summed E-state index contributed by atoms with van der Waals surface area (Å²) in [6, 6.07) is 6.11. The Labute approximate surface area is 150 Å². The number of nitrogens with zero attached hydrogens (tertiary/aromatic N) is 5. The Balaban J connectivity index is 1.52. The van der Waals surface area contributed by atoms with Crippen molar-refractivity contribution in [2.24, 2.45) is 0 Å². The minimum absolute atomic E-state index is 0.00556. The third-order valence-electron chi connectivity index (χ3n) is 3.98. The van der Waals surface area contributed by atoms with Gasteiger partial charge in [0.15, 0.2) is 5.16 Å². The van der Waals surface area contributed by atoms with Crippen LogP contribution in [0.1, 0.15) is 36.9 Å². The molecule has 1 saturated carbocycles. The van der Waals surface area contributed by atoms with Gasteiger partial charge in [0, 0.05) is 23.7 Å². The summed E-state index contributed by atoms with van der Waals surface area (Å²) in [7, 11) is 0. The van der Waals surface area contributed by atoms with Crippen LogP contribution in [0, 0.1) is 10.1 Å². The van der Waals surface area contributed by atoms with Gasteiger partial charge in [-0.25, -0.2) is 9.89 Å². The lowest BCUT2D eigenvalue weighted by atomic mass is 10.2. The fraction of sp³-hybridized carbons (Fsp3) is 0.333. The van der Waals surface area contributed by atoms with Crippen molar-refractivity contribution in [3.63, 3.8) is 0 Å². The van der Waals surface area contributed by atoms with Crippen LogP contribution >= 0.6 is 11.8 Å². The number of benzene rings is 1. The summed E-state index contributed by atoms with van der Waals surface area (Å²) in [5, 5.41) is 25.7. The molecule has 0 amide bonds. The summed E-state index contributed by atoms with van der Waals surface area (Å²) in [6.45, 7) is 1.88. The minimum Gasteiger partial charge on any atom is -0.419 e. The molecule has 1 N–H and O–H groups in total. The Hall–Kier alpha value is -2.95. The summed E-state index contributed by atoms with van der Waals surface area (Å²) in [5.41, 5.74) is 0.384. The highest BCUT2D eigenvalue weighted by molar-refractivity contribution is 7.99. The number of aromatic nitrogens is 5. The van der Waals surface area contributed by atoms with E-state index in [4.69, 9.17) is 4.42 Å². The molecule has 0 aliphatic heterocycles. The predicted molar refractivity (Wildman–Crippen MR) is 91.8 cm³/mol. The van der Waals surface area contributed by atoms with Gasteiger partial charge in [0.25, 0.3) is 5.69 Å². The molecule has 1 atom stereocenters. The normalized spacial score (nSPS) is 15.1. The zero-order chi connectivity index (χ0) is 18.3. The standard InChI is InChI=1S/C15H14N6O4S/c1-8(26-15-19-18-14(22)20(15)10-6-7-10)12-16-17-13(25-12)9-2-4-11(5-3-9)21(23)24/h2-5,8,10H,6-7H2,1H3,(H,18,22). The van der Waals surface area contributed by atoms with Crippen molar-refractivity contribution in [2.75, 3.05) is 0 Å². The molecule has 2 aromatic heterocycles. The van der Waals surface area contributed by atoms with Gasteiger partial charge in [0.05, 0.1) is 10.2 Å². The number of aromatic amines is 1. The first-order valence-electron chi connectivity index (χ1n) is 7.94. The van der Waals surface area contributed by atoms with Crippen molar-refractivity contribution in [3.8, 4) is 11.5 Å². The van der Waals surface area contributed by atoms with Gasteiger partial charge < -0.3 is 4.42 Å². The van der Waals surface area contributed by atoms with Crippen molar-refractivity contribution in [1.29, 1.82) is 0 Å². The molecule has 3 aromatic rings. The topological polar surface area (TPSA) is 133 Å². The minimum atomic E-state index is -0.467. The Bertz CT molecular complexity index is 1000. The molecular formula is C15H14N6O4S. The molecule has 1 aromatic carbocycles. The summed E-state index contributed by atoms with van der Waals surface area (Å²) >= 11 is 1.36. The van der Waals surface area contributed by atoms with Gasteiger partial charge >= 0.3 is 5.69 Å². The van der Waals surface area contributed by atoms with Gasteiger partial charge in [-0.05, 0) is 31.9 Å². The lowest BCUT2D eigenvalue weighted by Gasteiger charge is -2.06. The van der Waals surface area contributed by atoms with Crippen LogP contribution in [0.15, 0.2) is 38.6 Å². The third-order valence-corrected chi connectivity index (χ3v) is 5.03. The van der Waals surface area contributed by atoms with Crippen molar-refractivity contribution in [3.05, 3.63) is 50.8 Å². The molecule has 0 bridgehead atoms. The molecule has 0 spiro atoms. The van der Waals surface area contributed by atoms with E-state index in [2.05, 4.69) is 20.4 Å². The maximum atomic E-state index is 11.8. The maximum Gasteiger partial charge on any atom is 0.344 e. The van der Waals surface area contributed by atoms with E-state index >= 15 is 0 Å². The molecule has 2 heterocycles. The first kappa shape index (κ1) is 16.5. The first-order valence-corrected chi connectivity index (χ1v) is 8.82. The molecule has 134 valence electrons. The van der Waals surface area contributed by atoms with Crippen LogP contribution in [0.3, 0.4) is 0 Å². The highest BCUT2D eigenvalue weighted by Gasteiger charge is 2.30. The molecule has 1 fully saturated rings. The number of hydrogen-bond donors (Lipinski definition) is 1. The quantitative estimate of drug-likeness (QED) is 0.395. The Kier molecular flexibility index (Phi) is 4.07. The van der Waals surface area contributed by atoms with Gasteiger partial charge in [-0.3, -0.25) is 14.7 Å². The average Bonchev–Trinajstić information content (AvgIpc) is 3.21. The molecule has 10 nitrogen and oxygen atoms in total. The van der Waals surface area contributed by atoms with Gasteiger partial charge in [-0.2, -0.15) is 0 Å². The van der Waals surface area contributed by atoms with E-state index in [1.165, 1.54) is 23.9 Å². The SMILES string of the molecule is CC(Sc1n[nH]c(=O)n1C1CC1)c1nnc(-c2ccc([N+](=O)[O-])cc2)o1. The van der Waals surface area contributed by atoms with Crippen LogP contribution in [0.25, 0.3) is 11.5 Å². The van der Waals surface area contributed by atoms with E-state index < -0.39 is 4.92 Å². The van der Waals surface area contributed by atoms with Crippen molar-refractivity contribution < 1.29 is 9.34 Å². The van der Waals surface area contributed by atoms with E-state index in [0.29, 0.717) is 16.6 Å². The van der Waals surface area contributed by atoms with Crippen LogP contribution in [-0.2, 0) is 0 Å². The second kappa shape index (κ2) is 6.41. The molecule has 1 unspecified atom stereocenters. The maximum absolute atomic E-state index is 11.8. The third kappa shape index (κ3) is 3.12. The van der Waals surface area contributed by atoms with Gasteiger partial charge in [0.1, 0.15) is 0 Å². The molecule has 1 aliphatic rings. The van der Waals surface area contributed by atoms with E-state index in [1.807, 2.05) is 6.92 Å². The Morgan fingerprint density at radius 3 is 2.73 bits per heavy atom. The van der Waals surface area contributed by atoms with E-state index in [9.17, 15) is 14.9 Å². The number of thioether (sulfide) groups is 1. The Morgan fingerprint density at radius 1 is 1.35 bits per heavy atom. The molecule has 11 heteroatoms. The summed E-state index contributed by atoms with van der Waals surface area (Å²) < 4.78 is 7.35. The zero-order valence-corrected chi connectivity index (χ0v) is 14.5. The van der Waals surface area contributed by atoms with Crippen LogP contribution in [0.2, 0.25) is 0 Å². The van der Waals surface area contributed by atoms with Crippen LogP contribution in [0.4, 0.5) is 5.69 Å². The van der Waals surface area contributed by atoms with E-state index in [1.54, 1.807) is 16.7 Å². The second-order valence-electron chi connectivity index (χ2n) is 5.92. The molecule has 26 heavy (non-hydrogen) atoms. The number of nitro benzene ring substituents is 1. The van der Waals surface area contributed by atoms with Crippen molar-refractivity contribution >= 4 is 17.4 Å². The summed E-state index contributed by atoms with van der Waals surface area (Å²) in [5.74, 6) is 0.671. The monoisotopic (exact) mass is 374 g/mol. The number of H-pyrrole nitrogens is 1. The van der Waals surface area contributed by atoms with Crippen molar-refractivity contribution in [1.82, 2.24) is 25.0 Å². The predicted octanol–water partition coefficient (Wildman–Crippen LogP) is 2.72. The molecule has 1 aliphatic carbocycles. The Morgan fingerprint density at radius 2 is 2.08 bits per heavy atom. The zero-order valence-electron chi connectivity index (χ0n) is 13.7. The first-order chi connectivity index (χ1) is 12.5. The number of nitro groups is 1. The fourth-order valence-corrected chi connectivity index (χ4v) is 3.43. The van der Waals surface area contributed by atoms with Crippen LogP contribution in [-0.4, -0.2) is 29.9 Å². The largest absolute Gasteiger partial charge is 0.419 e. The molecule has 0 saturated heterocycles. The van der Waals surface area contributed by atoms with Gasteiger partial charge in [-0.15, -0.1) is 15.3 Å². The molecule has 4 rings (SSSR count). The lowest BCUT2D eigenvalue weighted by molar-refractivity contribution is -0.384. The number of nitrogens with one attached hydrogen (secondary N) is 1. The number of rotatable bonds is 6. The molecular weight excluding hydrogens is 360 g/mol. The van der Waals surface area contributed by atoms with Gasteiger partial charge in [-0.1, -0.05) is 11.8 Å². The lowest BCUT2D eigenvalue weighted by Crippen LogP contribution is -2.16. The number of hydrogen-bond acceptors (Lipinski definition) is 8. The highest BCUT2D eigenvalue weighted by Crippen LogP contribution is 2.39.